The van der Waals surface area contributed by atoms with Gasteiger partial charge in [-0.25, -0.2) is 4.79 Å². The molecule has 22 heavy (non-hydrogen) atoms. The molecule has 1 unspecified atom stereocenters. The minimum atomic E-state index is -0.395. The number of anilines is 1. The molecule has 6 heteroatoms. The third-order valence-corrected chi connectivity index (χ3v) is 3.38. The van der Waals surface area contributed by atoms with Crippen molar-refractivity contribution in [3.05, 3.63) is 24.3 Å². The SMILES string of the molecule is COc1ccc(N2CC(CNC(=O)CC(C)C)OC2=O)cc1. The average Bonchev–Trinajstić information content (AvgIpc) is 2.86. The van der Waals surface area contributed by atoms with Crippen molar-refractivity contribution >= 4 is 17.7 Å². The number of nitrogens with one attached hydrogen (secondary N) is 1. The molecular weight excluding hydrogens is 284 g/mol. The van der Waals surface area contributed by atoms with Crippen molar-refractivity contribution in [3.63, 3.8) is 0 Å². The van der Waals surface area contributed by atoms with Crippen LogP contribution in [-0.4, -0.2) is 38.3 Å². The van der Waals surface area contributed by atoms with Crippen LogP contribution in [0.25, 0.3) is 0 Å². The highest BCUT2D eigenvalue weighted by molar-refractivity contribution is 5.89. The Balaban J connectivity index is 1.88. The molecular formula is C16H22N2O4. The molecule has 1 atom stereocenters. The lowest BCUT2D eigenvalue weighted by molar-refractivity contribution is -0.122. The molecule has 1 aliphatic heterocycles. The molecule has 1 fully saturated rings. The minimum Gasteiger partial charge on any atom is -0.497 e. The molecule has 0 aliphatic carbocycles. The Kier molecular flexibility index (Phi) is 5.25. The van der Waals surface area contributed by atoms with Crippen LogP contribution in [0.15, 0.2) is 24.3 Å². The molecule has 0 bridgehead atoms. The maximum absolute atomic E-state index is 11.9. The normalized spacial score (nSPS) is 17.5. The Hall–Kier alpha value is -2.24. The summed E-state index contributed by atoms with van der Waals surface area (Å²) < 4.78 is 10.4. The smallest absolute Gasteiger partial charge is 0.414 e. The predicted octanol–water partition coefficient (Wildman–Crippen LogP) is 2.18. The molecule has 0 aromatic heterocycles. The Morgan fingerprint density at radius 2 is 2.09 bits per heavy atom. The lowest BCUT2D eigenvalue weighted by atomic mass is 10.1. The standard InChI is InChI=1S/C16H22N2O4/c1-11(2)8-15(19)17-9-14-10-18(16(20)22-14)12-4-6-13(21-3)7-5-12/h4-7,11,14H,8-10H2,1-3H3,(H,17,19). The average molecular weight is 306 g/mol. The maximum atomic E-state index is 11.9. The predicted molar refractivity (Wildman–Crippen MR) is 83.1 cm³/mol. The van der Waals surface area contributed by atoms with Gasteiger partial charge >= 0.3 is 6.09 Å². The number of cyclic esters (lactones) is 1. The van der Waals surface area contributed by atoms with Crippen LogP contribution in [0.2, 0.25) is 0 Å². The van der Waals surface area contributed by atoms with Crippen LogP contribution in [0.1, 0.15) is 20.3 Å². The lowest BCUT2D eigenvalue weighted by Gasteiger charge is -2.13. The molecule has 2 rings (SSSR count). The van der Waals surface area contributed by atoms with Gasteiger partial charge in [-0.15, -0.1) is 0 Å². The summed E-state index contributed by atoms with van der Waals surface area (Å²) in [6.07, 6.45) is -0.248. The van der Waals surface area contributed by atoms with Crippen molar-refractivity contribution in [3.8, 4) is 5.75 Å². The monoisotopic (exact) mass is 306 g/mol. The van der Waals surface area contributed by atoms with Gasteiger partial charge in [0.15, 0.2) is 0 Å². The topological polar surface area (TPSA) is 67.9 Å². The van der Waals surface area contributed by atoms with Gasteiger partial charge in [-0.1, -0.05) is 13.8 Å². The van der Waals surface area contributed by atoms with Gasteiger partial charge in [-0.3, -0.25) is 9.69 Å². The second kappa shape index (κ2) is 7.15. The number of carbonyl (C=O) groups is 2. The maximum Gasteiger partial charge on any atom is 0.414 e. The van der Waals surface area contributed by atoms with E-state index in [9.17, 15) is 9.59 Å². The highest BCUT2D eigenvalue weighted by atomic mass is 16.6. The van der Waals surface area contributed by atoms with Crippen LogP contribution in [0.5, 0.6) is 5.75 Å². The van der Waals surface area contributed by atoms with E-state index in [1.165, 1.54) is 0 Å². The highest BCUT2D eigenvalue weighted by Gasteiger charge is 2.32. The third kappa shape index (κ3) is 4.13. The van der Waals surface area contributed by atoms with E-state index in [1.54, 1.807) is 36.3 Å². The number of rotatable bonds is 6. The Morgan fingerprint density at radius 3 is 2.68 bits per heavy atom. The fourth-order valence-electron chi connectivity index (χ4n) is 2.27. The first kappa shape index (κ1) is 16.1. The fourth-order valence-corrected chi connectivity index (χ4v) is 2.27. The van der Waals surface area contributed by atoms with Gasteiger partial charge in [0.05, 0.1) is 20.2 Å². The fraction of sp³-hybridized carbons (Fsp3) is 0.500. The number of ether oxygens (including phenoxy) is 2. The van der Waals surface area contributed by atoms with Gasteiger partial charge < -0.3 is 14.8 Å². The van der Waals surface area contributed by atoms with Gasteiger partial charge in [-0.05, 0) is 30.2 Å². The first-order valence-corrected chi connectivity index (χ1v) is 7.38. The zero-order chi connectivity index (χ0) is 16.1. The summed E-state index contributed by atoms with van der Waals surface area (Å²) in [5.41, 5.74) is 0.752. The van der Waals surface area contributed by atoms with E-state index < -0.39 is 6.09 Å². The second-order valence-corrected chi connectivity index (χ2v) is 5.72. The van der Waals surface area contributed by atoms with Crippen LogP contribution in [-0.2, 0) is 9.53 Å². The van der Waals surface area contributed by atoms with Gasteiger partial charge in [0, 0.05) is 12.1 Å². The van der Waals surface area contributed by atoms with Gasteiger partial charge in [-0.2, -0.15) is 0 Å². The lowest BCUT2D eigenvalue weighted by Crippen LogP contribution is -2.35. The molecule has 0 spiro atoms. The van der Waals surface area contributed by atoms with Crippen molar-refractivity contribution in [2.24, 2.45) is 5.92 Å². The van der Waals surface area contributed by atoms with Crippen molar-refractivity contribution in [2.45, 2.75) is 26.4 Å². The summed E-state index contributed by atoms with van der Waals surface area (Å²) in [6, 6.07) is 7.19. The first-order chi connectivity index (χ1) is 10.5. The molecule has 1 N–H and O–H groups in total. The largest absolute Gasteiger partial charge is 0.497 e. The van der Waals surface area contributed by atoms with Crippen molar-refractivity contribution in [2.75, 3.05) is 25.1 Å². The van der Waals surface area contributed by atoms with Crippen LogP contribution in [0.4, 0.5) is 10.5 Å². The van der Waals surface area contributed by atoms with E-state index in [0.29, 0.717) is 25.4 Å². The summed E-state index contributed by atoms with van der Waals surface area (Å²) in [4.78, 5) is 25.1. The second-order valence-electron chi connectivity index (χ2n) is 5.72. The number of hydrogen-bond donors (Lipinski definition) is 1. The van der Waals surface area contributed by atoms with Crippen LogP contribution in [0.3, 0.4) is 0 Å². The molecule has 1 aliphatic rings. The summed E-state index contributed by atoms with van der Waals surface area (Å²) in [6.45, 7) is 4.73. The molecule has 2 amide bonds. The quantitative estimate of drug-likeness (QED) is 0.874. The number of nitrogens with zero attached hydrogens (tertiary/aromatic N) is 1. The van der Waals surface area contributed by atoms with Crippen LogP contribution >= 0.6 is 0 Å². The Bertz CT molecular complexity index is 527. The van der Waals surface area contributed by atoms with E-state index in [4.69, 9.17) is 9.47 Å². The molecule has 1 heterocycles. The van der Waals surface area contributed by atoms with E-state index in [0.717, 1.165) is 11.4 Å². The number of amides is 2. The number of methoxy groups -OCH3 is 1. The zero-order valence-corrected chi connectivity index (χ0v) is 13.2. The summed E-state index contributed by atoms with van der Waals surface area (Å²) in [5.74, 6) is 1.02. The summed E-state index contributed by atoms with van der Waals surface area (Å²) in [7, 11) is 1.59. The Morgan fingerprint density at radius 1 is 1.41 bits per heavy atom. The molecule has 120 valence electrons. The summed E-state index contributed by atoms with van der Waals surface area (Å²) in [5, 5.41) is 2.80. The number of carbonyl (C=O) groups excluding carboxylic acids is 2. The molecule has 1 aromatic rings. The van der Waals surface area contributed by atoms with Gasteiger partial charge in [0.25, 0.3) is 0 Å². The van der Waals surface area contributed by atoms with E-state index in [1.807, 2.05) is 13.8 Å². The van der Waals surface area contributed by atoms with E-state index in [-0.39, 0.29) is 12.0 Å². The molecule has 1 saturated heterocycles. The number of hydrogen-bond acceptors (Lipinski definition) is 4. The number of benzene rings is 1. The van der Waals surface area contributed by atoms with E-state index in [2.05, 4.69) is 5.32 Å². The van der Waals surface area contributed by atoms with Crippen LogP contribution in [0, 0.1) is 5.92 Å². The van der Waals surface area contributed by atoms with Gasteiger partial charge in [0.1, 0.15) is 11.9 Å². The van der Waals surface area contributed by atoms with Gasteiger partial charge in [0.2, 0.25) is 5.91 Å². The molecule has 0 saturated carbocycles. The molecule has 0 radical (unpaired) electrons. The Labute approximate surface area is 130 Å². The van der Waals surface area contributed by atoms with Crippen molar-refractivity contribution < 1.29 is 19.1 Å². The molecule has 1 aromatic carbocycles. The van der Waals surface area contributed by atoms with Crippen molar-refractivity contribution in [1.29, 1.82) is 0 Å². The molecule has 6 nitrogen and oxygen atoms in total. The summed E-state index contributed by atoms with van der Waals surface area (Å²) >= 11 is 0. The van der Waals surface area contributed by atoms with E-state index >= 15 is 0 Å². The zero-order valence-electron chi connectivity index (χ0n) is 13.2. The minimum absolute atomic E-state index is 0.0195. The highest BCUT2D eigenvalue weighted by Crippen LogP contribution is 2.23. The third-order valence-electron chi connectivity index (χ3n) is 3.38. The first-order valence-electron chi connectivity index (χ1n) is 7.38. The van der Waals surface area contributed by atoms with Crippen molar-refractivity contribution in [1.82, 2.24) is 5.32 Å². The van der Waals surface area contributed by atoms with Crippen LogP contribution < -0.4 is 15.0 Å².